The number of aromatic nitrogens is 2. The molecule has 0 aliphatic carbocycles. The second-order valence-electron chi connectivity index (χ2n) is 6.52. The number of thiophene rings is 1. The molecule has 3 rings (SSSR count). The Hall–Kier alpha value is -2.51. The minimum Gasteiger partial charge on any atom is -0.395 e. The Bertz CT molecular complexity index is 937. The first-order valence-corrected chi connectivity index (χ1v) is 9.72. The zero-order valence-electron chi connectivity index (χ0n) is 15.8. The number of nitrogens with one attached hydrogen (secondary N) is 1. The molecule has 0 aliphatic heterocycles. The first-order valence-electron chi connectivity index (χ1n) is 8.91. The molecular formula is C20H24N4O2S. The second kappa shape index (κ2) is 8.45. The Kier molecular flexibility index (Phi) is 6.03. The van der Waals surface area contributed by atoms with Crippen molar-refractivity contribution in [1.82, 2.24) is 14.9 Å². The normalized spacial score (nSPS) is 11.0. The van der Waals surface area contributed by atoms with Crippen molar-refractivity contribution in [1.29, 1.82) is 0 Å². The van der Waals surface area contributed by atoms with Gasteiger partial charge in [0.05, 0.1) is 12.0 Å². The van der Waals surface area contributed by atoms with Crippen molar-refractivity contribution < 1.29 is 9.90 Å². The van der Waals surface area contributed by atoms with E-state index < -0.39 is 0 Å². The molecule has 142 valence electrons. The smallest absolute Gasteiger partial charge is 0.224 e. The third-order valence-corrected chi connectivity index (χ3v) is 5.51. The number of hydrogen-bond donors (Lipinski definition) is 2. The summed E-state index contributed by atoms with van der Waals surface area (Å²) in [5.74, 6) is 0.736. The Morgan fingerprint density at radius 1 is 1.22 bits per heavy atom. The van der Waals surface area contributed by atoms with Crippen LogP contribution in [0.15, 0.2) is 30.6 Å². The number of nitrogens with zero attached hydrogens (tertiary/aromatic N) is 3. The summed E-state index contributed by atoms with van der Waals surface area (Å²) in [5, 5.41) is 13.2. The maximum Gasteiger partial charge on any atom is 0.224 e. The van der Waals surface area contributed by atoms with Gasteiger partial charge in [0, 0.05) is 37.0 Å². The van der Waals surface area contributed by atoms with E-state index in [0.717, 1.165) is 27.2 Å². The number of rotatable bonds is 7. The van der Waals surface area contributed by atoms with Crippen molar-refractivity contribution in [2.45, 2.75) is 20.3 Å². The highest BCUT2D eigenvalue weighted by atomic mass is 32.1. The van der Waals surface area contributed by atoms with E-state index in [1.807, 2.05) is 0 Å². The third-order valence-electron chi connectivity index (χ3n) is 4.50. The van der Waals surface area contributed by atoms with Gasteiger partial charge in [-0.25, -0.2) is 9.97 Å². The number of carbonyl (C=O) groups excluding carboxylic acids is 1. The van der Waals surface area contributed by atoms with Gasteiger partial charge >= 0.3 is 0 Å². The molecule has 27 heavy (non-hydrogen) atoms. The van der Waals surface area contributed by atoms with Gasteiger partial charge < -0.3 is 15.3 Å². The highest BCUT2D eigenvalue weighted by Crippen LogP contribution is 2.40. The Morgan fingerprint density at radius 2 is 1.96 bits per heavy atom. The number of aliphatic hydroxyl groups excluding tert-OH is 1. The maximum absolute atomic E-state index is 12.1. The van der Waals surface area contributed by atoms with Crippen LogP contribution in [-0.4, -0.2) is 52.6 Å². The number of likely N-dealkylation sites (N-methyl/N-ethyl adjacent to an activating group) is 1. The van der Waals surface area contributed by atoms with E-state index in [4.69, 9.17) is 5.11 Å². The lowest BCUT2D eigenvalue weighted by molar-refractivity contribution is -0.130. The zero-order chi connectivity index (χ0) is 19.4. The number of amides is 1. The van der Waals surface area contributed by atoms with Gasteiger partial charge in [0.2, 0.25) is 5.91 Å². The van der Waals surface area contributed by atoms with E-state index in [-0.39, 0.29) is 12.5 Å². The number of fused-ring (bicyclic) bond motifs is 1. The monoisotopic (exact) mass is 384 g/mol. The summed E-state index contributed by atoms with van der Waals surface area (Å²) in [7, 11) is 1.69. The van der Waals surface area contributed by atoms with Gasteiger partial charge in [-0.3, -0.25) is 4.79 Å². The molecule has 7 heteroatoms. The van der Waals surface area contributed by atoms with E-state index in [2.05, 4.69) is 53.4 Å². The minimum atomic E-state index is -0.0315. The van der Waals surface area contributed by atoms with Crippen LogP contribution in [0.1, 0.15) is 16.9 Å². The average molecular weight is 385 g/mol. The summed E-state index contributed by atoms with van der Waals surface area (Å²) >= 11 is 1.65. The fourth-order valence-electron chi connectivity index (χ4n) is 3.00. The number of benzene rings is 1. The van der Waals surface area contributed by atoms with Crippen LogP contribution >= 0.6 is 11.3 Å². The van der Waals surface area contributed by atoms with Gasteiger partial charge in [0.1, 0.15) is 17.0 Å². The summed E-state index contributed by atoms with van der Waals surface area (Å²) in [4.78, 5) is 24.6. The molecule has 0 radical (unpaired) electrons. The van der Waals surface area contributed by atoms with Crippen molar-refractivity contribution in [2.24, 2.45) is 0 Å². The van der Waals surface area contributed by atoms with Crippen LogP contribution in [0.25, 0.3) is 21.3 Å². The summed E-state index contributed by atoms with van der Waals surface area (Å²) in [6, 6.07) is 8.44. The summed E-state index contributed by atoms with van der Waals surface area (Å²) in [6.45, 7) is 4.96. The van der Waals surface area contributed by atoms with Crippen LogP contribution < -0.4 is 5.32 Å². The molecule has 2 aromatic heterocycles. The standard InChI is InChI=1S/C20H24N4O2S/c1-13-4-6-15(7-5-13)17-14(2)27-20-18(17)19(22-12-23-20)21-9-8-16(26)24(3)10-11-25/h4-7,12,25H,8-11H2,1-3H3,(H,21,22,23). The molecule has 0 spiro atoms. The number of hydrogen-bond acceptors (Lipinski definition) is 6. The lowest BCUT2D eigenvalue weighted by Crippen LogP contribution is -2.30. The predicted molar refractivity (Wildman–Crippen MR) is 110 cm³/mol. The largest absolute Gasteiger partial charge is 0.395 e. The molecule has 2 N–H and O–H groups in total. The number of anilines is 1. The van der Waals surface area contributed by atoms with Gasteiger partial charge in [-0.2, -0.15) is 0 Å². The SMILES string of the molecule is Cc1ccc(-c2c(C)sc3ncnc(NCCC(=O)N(C)CCO)c23)cc1. The average Bonchev–Trinajstić information content (AvgIpc) is 2.99. The van der Waals surface area contributed by atoms with Crippen LogP contribution in [-0.2, 0) is 4.79 Å². The van der Waals surface area contributed by atoms with Gasteiger partial charge in [-0.15, -0.1) is 11.3 Å². The van der Waals surface area contributed by atoms with Crippen LogP contribution in [0, 0.1) is 13.8 Å². The number of aliphatic hydroxyl groups is 1. The molecule has 2 heterocycles. The van der Waals surface area contributed by atoms with E-state index in [1.54, 1.807) is 24.7 Å². The van der Waals surface area contributed by atoms with E-state index in [1.165, 1.54) is 15.3 Å². The molecule has 0 atom stereocenters. The lowest BCUT2D eigenvalue weighted by atomic mass is 10.0. The molecule has 0 bridgehead atoms. The fraction of sp³-hybridized carbons (Fsp3) is 0.350. The summed E-state index contributed by atoms with van der Waals surface area (Å²) < 4.78 is 0. The van der Waals surface area contributed by atoms with Crippen LogP contribution in [0.4, 0.5) is 5.82 Å². The van der Waals surface area contributed by atoms with Gasteiger partial charge in [0.25, 0.3) is 0 Å². The Morgan fingerprint density at radius 3 is 2.67 bits per heavy atom. The molecule has 1 amide bonds. The maximum atomic E-state index is 12.1. The third kappa shape index (κ3) is 4.26. The van der Waals surface area contributed by atoms with E-state index in [9.17, 15) is 4.79 Å². The first-order chi connectivity index (χ1) is 13.0. The molecule has 3 aromatic rings. The van der Waals surface area contributed by atoms with Gasteiger partial charge in [0.15, 0.2) is 0 Å². The van der Waals surface area contributed by atoms with Crippen molar-refractivity contribution in [3.8, 4) is 11.1 Å². The highest BCUT2D eigenvalue weighted by Gasteiger charge is 2.17. The number of aryl methyl sites for hydroxylation is 2. The molecule has 0 saturated heterocycles. The minimum absolute atomic E-state index is 0.0119. The topological polar surface area (TPSA) is 78.4 Å². The van der Waals surface area contributed by atoms with Crippen LogP contribution in [0.5, 0.6) is 0 Å². The first kappa shape index (κ1) is 19.3. The van der Waals surface area contributed by atoms with Gasteiger partial charge in [-0.05, 0) is 19.4 Å². The zero-order valence-corrected chi connectivity index (χ0v) is 16.6. The van der Waals surface area contributed by atoms with E-state index in [0.29, 0.717) is 19.5 Å². The van der Waals surface area contributed by atoms with E-state index >= 15 is 0 Å². The van der Waals surface area contributed by atoms with Crippen molar-refractivity contribution >= 4 is 33.3 Å². The molecule has 0 fully saturated rings. The molecular weight excluding hydrogens is 360 g/mol. The highest BCUT2D eigenvalue weighted by molar-refractivity contribution is 7.19. The lowest BCUT2D eigenvalue weighted by Gasteiger charge is -2.16. The quantitative estimate of drug-likeness (QED) is 0.654. The fourth-order valence-corrected chi connectivity index (χ4v) is 4.01. The Balaban J connectivity index is 1.86. The molecule has 1 aromatic carbocycles. The van der Waals surface area contributed by atoms with Crippen LogP contribution in [0.2, 0.25) is 0 Å². The Labute approximate surface area is 162 Å². The van der Waals surface area contributed by atoms with Crippen LogP contribution in [0.3, 0.4) is 0 Å². The molecule has 6 nitrogen and oxygen atoms in total. The molecule has 0 aliphatic rings. The van der Waals surface area contributed by atoms with Crippen molar-refractivity contribution in [2.75, 3.05) is 32.1 Å². The number of carbonyl (C=O) groups is 1. The van der Waals surface area contributed by atoms with Crippen molar-refractivity contribution in [3.05, 3.63) is 41.0 Å². The summed E-state index contributed by atoms with van der Waals surface area (Å²) in [6.07, 6.45) is 1.89. The second-order valence-corrected chi connectivity index (χ2v) is 7.72. The summed E-state index contributed by atoms with van der Waals surface area (Å²) in [5.41, 5.74) is 3.50. The van der Waals surface area contributed by atoms with Gasteiger partial charge in [-0.1, -0.05) is 29.8 Å². The molecule has 0 saturated carbocycles. The predicted octanol–water partition coefficient (Wildman–Crippen LogP) is 3.23. The van der Waals surface area contributed by atoms with Crippen molar-refractivity contribution in [3.63, 3.8) is 0 Å². The molecule has 0 unspecified atom stereocenters.